The highest BCUT2D eigenvalue weighted by Crippen LogP contribution is 2.22. The molecule has 0 spiro atoms. The monoisotopic (exact) mass is 330 g/mol. The second-order valence-corrected chi connectivity index (χ2v) is 6.48. The third-order valence-corrected chi connectivity index (χ3v) is 4.93. The minimum absolute atomic E-state index is 0.00598. The van der Waals surface area contributed by atoms with Crippen molar-refractivity contribution in [2.75, 3.05) is 13.1 Å². The molecule has 2 N–H and O–H groups in total. The summed E-state index contributed by atoms with van der Waals surface area (Å²) in [5.74, 6) is -0.353. The van der Waals surface area contributed by atoms with Gasteiger partial charge in [0.1, 0.15) is 0 Å². The van der Waals surface area contributed by atoms with E-state index in [9.17, 15) is 9.59 Å². The van der Waals surface area contributed by atoms with Crippen LogP contribution >= 0.6 is 11.3 Å². The summed E-state index contributed by atoms with van der Waals surface area (Å²) in [5.41, 5.74) is 2.31. The van der Waals surface area contributed by atoms with Crippen molar-refractivity contribution in [2.24, 2.45) is 0 Å². The minimum Gasteiger partial charge on any atom is -0.354 e. The van der Waals surface area contributed by atoms with Gasteiger partial charge in [0.05, 0.1) is 11.4 Å². The summed E-state index contributed by atoms with van der Waals surface area (Å²) in [6.45, 7) is 4.64. The van der Waals surface area contributed by atoms with Gasteiger partial charge in [-0.25, -0.2) is 0 Å². The predicted octanol–water partition coefficient (Wildman–Crippen LogP) is 2.71. The molecule has 0 saturated carbocycles. The summed E-state index contributed by atoms with van der Waals surface area (Å²) in [4.78, 5) is 25.7. The number of carbonyl (C=O) groups excluding carboxylic acids is 2. The zero-order valence-electron chi connectivity index (χ0n) is 13.5. The molecule has 1 aromatic carbocycles. The maximum Gasteiger partial charge on any atom is 0.261 e. The number of amides is 2. The lowest BCUT2D eigenvalue weighted by Gasteiger charge is -2.06. The molecular formula is C18H22N2O2S. The van der Waals surface area contributed by atoms with Gasteiger partial charge < -0.3 is 10.6 Å². The third-order valence-electron chi connectivity index (χ3n) is 3.55. The molecule has 0 fully saturated rings. The van der Waals surface area contributed by atoms with Gasteiger partial charge in [0.2, 0.25) is 5.91 Å². The molecule has 2 rings (SSSR count). The fourth-order valence-electron chi connectivity index (χ4n) is 2.28. The van der Waals surface area contributed by atoms with Gasteiger partial charge in [-0.1, -0.05) is 37.3 Å². The summed E-state index contributed by atoms with van der Waals surface area (Å²) in [7, 11) is 0. The maximum atomic E-state index is 12.0. The number of aryl methyl sites for hydroxylation is 2. The second-order valence-electron chi connectivity index (χ2n) is 5.34. The predicted molar refractivity (Wildman–Crippen MR) is 93.9 cm³/mol. The van der Waals surface area contributed by atoms with E-state index in [0.717, 1.165) is 18.4 Å². The third kappa shape index (κ3) is 5.21. The highest BCUT2D eigenvalue weighted by Gasteiger charge is 2.12. The largest absolute Gasteiger partial charge is 0.354 e. The van der Waals surface area contributed by atoms with Gasteiger partial charge in [-0.05, 0) is 37.0 Å². The van der Waals surface area contributed by atoms with Crippen molar-refractivity contribution in [3.63, 3.8) is 0 Å². The van der Waals surface area contributed by atoms with E-state index in [2.05, 4.69) is 17.6 Å². The first-order valence-electron chi connectivity index (χ1n) is 7.78. The first kappa shape index (κ1) is 17.2. The van der Waals surface area contributed by atoms with Crippen LogP contribution in [0, 0.1) is 6.92 Å². The number of hydrogen-bond acceptors (Lipinski definition) is 3. The Morgan fingerprint density at radius 3 is 2.52 bits per heavy atom. The number of rotatable bonds is 7. The lowest BCUT2D eigenvalue weighted by atomic mass is 10.1. The summed E-state index contributed by atoms with van der Waals surface area (Å²) in [6, 6.07) is 11.9. The van der Waals surface area contributed by atoms with Crippen LogP contribution in [-0.2, 0) is 17.6 Å². The van der Waals surface area contributed by atoms with Gasteiger partial charge in [-0.2, -0.15) is 0 Å². The number of thiophene rings is 1. The minimum atomic E-state index is -0.184. The zero-order chi connectivity index (χ0) is 16.7. The topological polar surface area (TPSA) is 58.2 Å². The number of benzene rings is 1. The molecule has 122 valence electrons. The number of hydrogen-bond donors (Lipinski definition) is 2. The smallest absolute Gasteiger partial charge is 0.261 e. The van der Waals surface area contributed by atoms with E-state index in [1.807, 2.05) is 43.3 Å². The molecule has 0 aliphatic heterocycles. The van der Waals surface area contributed by atoms with E-state index in [-0.39, 0.29) is 18.4 Å². The standard InChI is InChI=1S/C18H22N2O2S/c1-3-15-13(2)11-16(23-15)18(22)20-12-17(21)19-10-9-14-7-5-4-6-8-14/h4-8,11H,3,9-10,12H2,1-2H3,(H,19,21)(H,20,22). The first-order valence-corrected chi connectivity index (χ1v) is 8.60. The molecule has 23 heavy (non-hydrogen) atoms. The van der Waals surface area contributed by atoms with Crippen LogP contribution in [0.15, 0.2) is 36.4 Å². The Bertz CT molecular complexity index is 665. The Labute approximate surface area is 140 Å². The van der Waals surface area contributed by atoms with Crippen LogP contribution < -0.4 is 10.6 Å². The van der Waals surface area contributed by atoms with E-state index >= 15 is 0 Å². The maximum absolute atomic E-state index is 12.0. The van der Waals surface area contributed by atoms with E-state index in [1.165, 1.54) is 21.8 Å². The molecule has 4 nitrogen and oxygen atoms in total. The van der Waals surface area contributed by atoms with Crippen LogP contribution in [0.25, 0.3) is 0 Å². The number of nitrogens with one attached hydrogen (secondary N) is 2. The lowest BCUT2D eigenvalue weighted by molar-refractivity contribution is -0.120. The van der Waals surface area contributed by atoms with Crippen LogP contribution in [0.2, 0.25) is 0 Å². The average Bonchev–Trinajstić information content (AvgIpc) is 2.94. The Hall–Kier alpha value is -2.14. The molecule has 0 aliphatic carbocycles. The molecular weight excluding hydrogens is 308 g/mol. The molecule has 5 heteroatoms. The summed E-state index contributed by atoms with van der Waals surface area (Å²) < 4.78 is 0. The van der Waals surface area contributed by atoms with Crippen LogP contribution in [0.4, 0.5) is 0 Å². The fourth-order valence-corrected chi connectivity index (χ4v) is 3.31. The summed E-state index contributed by atoms with van der Waals surface area (Å²) >= 11 is 1.49. The van der Waals surface area contributed by atoms with Gasteiger partial charge in [0.15, 0.2) is 0 Å². The summed E-state index contributed by atoms with van der Waals surface area (Å²) in [6.07, 6.45) is 1.70. The molecule has 0 bridgehead atoms. The van der Waals surface area contributed by atoms with Crippen molar-refractivity contribution in [1.82, 2.24) is 10.6 Å². The lowest BCUT2D eigenvalue weighted by Crippen LogP contribution is -2.37. The molecule has 0 saturated heterocycles. The molecule has 2 aromatic rings. The Morgan fingerprint density at radius 2 is 1.87 bits per heavy atom. The van der Waals surface area contributed by atoms with E-state index < -0.39 is 0 Å². The molecule has 0 radical (unpaired) electrons. The molecule has 1 heterocycles. The molecule has 1 aromatic heterocycles. The van der Waals surface area contributed by atoms with Crippen molar-refractivity contribution in [3.05, 3.63) is 57.3 Å². The Morgan fingerprint density at radius 1 is 1.13 bits per heavy atom. The summed E-state index contributed by atoms with van der Waals surface area (Å²) in [5, 5.41) is 5.49. The first-order chi connectivity index (χ1) is 11.1. The fraction of sp³-hybridized carbons (Fsp3) is 0.333. The van der Waals surface area contributed by atoms with E-state index in [1.54, 1.807) is 0 Å². The van der Waals surface area contributed by atoms with Crippen molar-refractivity contribution < 1.29 is 9.59 Å². The highest BCUT2D eigenvalue weighted by molar-refractivity contribution is 7.14. The van der Waals surface area contributed by atoms with Gasteiger partial charge >= 0.3 is 0 Å². The second kappa shape index (κ2) is 8.48. The molecule has 0 aliphatic rings. The van der Waals surface area contributed by atoms with Crippen LogP contribution in [-0.4, -0.2) is 24.9 Å². The average molecular weight is 330 g/mol. The van der Waals surface area contributed by atoms with Gasteiger partial charge in [0, 0.05) is 11.4 Å². The van der Waals surface area contributed by atoms with Gasteiger partial charge in [-0.15, -0.1) is 11.3 Å². The van der Waals surface area contributed by atoms with Crippen molar-refractivity contribution >= 4 is 23.2 Å². The highest BCUT2D eigenvalue weighted by atomic mass is 32.1. The Kier molecular flexibility index (Phi) is 6.35. The van der Waals surface area contributed by atoms with E-state index in [4.69, 9.17) is 0 Å². The molecule has 0 unspecified atom stereocenters. The van der Waals surface area contributed by atoms with Crippen molar-refractivity contribution in [3.8, 4) is 0 Å². The Balaban J connectivity index is 1.72. The normalized spacial score (nSPS) is 10.3. The van der Waals surface area contributed by atoms with Crippen molar-refractivity contribution in [1.29, 1.82) is 0 Å². The number of carbonyl (C=O) groups is 2. The van der Waals surface area contributed by atoms with Crippen LogP contribution in [0.1, 0.15) is 32.6 Å². The van der Waals surface area contributed by atoms with Gasteiger partial charge in [-0.3, -0.25) is 9.59 Å². The van der Waals surface area contributed by atoms with Crippen molar-refractivity contribution in [2.45, 2.75) is 26.7 Å². The van der Waals surface area contributed by atoms with Crippen LogP contribution in [0.5, 0.6) is 0 Å². The van der Waals surface area contributed by atoms with Gasteiger partial charge in [0.25, 0.3) is 5.91 Å². The zero-order valence-corrected chi connectivity index (χ0v) is 14.3. The molecule has 2 amide bonds. The molecule has 0 atom stereocenters. The van der Waals surface area contributed by atoms with E-state index in [0.29, 0.717) is 11.4 Å². The van der Waals surface area contributed by atoms with Crippen LogP contribution in [0.3, 0.4) is 0 Å². The SMILES string of the molecule is CCc1sc(C(=O)NCC(=O)NCCc2ccccc2)cc1C. The quantitative estimate of drug-likeness (QED) is 0.820.